The number of ether oxygens (including phenoxy) is 2. The van der Waals surface area contributed by atoms with Gasteiger partial charge >= 0.3 is 12.1 Å². The summed E-state index contributed by atoms with van der Waals surface area (Å²) in [5, 5.41) is 14.7. The molecule has 2 atom stereocenters. The predicted molar refractivity (Wildman–Crippen MR) is 132 cm³/mol. The van der Waals surface area contributed by atoms with Crippen molar-refractivity contribution in [3.05, 3.63) is 59.7 Å². The van der Waals surface area contributed by atoms with Gasteiger partial charge in [0.05, 0.1) is 12.5 Å². The number of nitrogens with one attached hydrogen (secondary N) is 2. The number of hydrogen-bond donors (Lipinski definition) is 3. The minimum Gasteiger partial charge on any atom is -0.480 e. The molecule has 0 aromatic heterocycles. The monoisotopic (exact) mass is 482 g/mol. The van der Waals surface area contributed by atoms with Crippen LogP contribution in [0.15, 0.2) is 48.5 Å². The van der Waals surface area contributed by atoms with Crippen LogP contribution in [-0.2, 0) is 19.1 Å². The molecule has 0 radical (unpaired) electrons. The number of aliphatic carboxylic acids is 1. The van der Waals surface area contributed by atoms with Crippen LogP contribution in [-0.4, -0.2) is 54.5 Å². The van der Waals surface area contributed by atoms with E-state index in [1.165, 1.54) is 6.92 Å². The fourth-order valence-corrected chi connectivity index (χ4v) is 4.56. The summed E-state index contributed by atoms with van der Waals surface area (Å²) in [5.41, 5.74) is 3.20. The molecule has 0 saturated carbocycles. The first-order valence-electron chi connectivity index (χ1n) is 12.0. The molecule has 3 N–H and O–H groups in total. The first kappa shape index (κ1) is 26.2. The van der Waals surface area contributed by atoms with Crippen LogP contribution in [0.5, 0.6) is 0 Å². The Balaban J connectivity index is 1.54. The first-order chi connectivity index (χ1) is 16.8. The highest BCUT2D eigenvalue weighted by Gasteiger charge is 2.34. The van der Waals surface area contributed by atoms with Crippen molar-refractivity contribution >= 4 is 18.0 Å². The van der Waals surface area contributed by atoms with Gasteiger partial charge in [-0.25, -0.2) is 9.59 Å². The molecule has 1 aliphatic rings. The van der Waals surface area contributed by atoms with Crippen molar-refractivity contribution in [3.63, 3.8) is 0 Å². The quantitative estimate of drug-likeness (QED) is 0.420. The van der Waals surface area contributed by atoms with Crippen molar-refractivity contribution in [1.82, 2.24) is 10.6 Å². The second-order valence-corrected chi connectivity index (χ2v) is 8.92. The van der Waals surface area contributed by atoms with E-state index in [4.69, 9.17) is 9.47 Å². The Morgan fingerprint density at radius 2 is 1.63 bits per heavy atom. The zero-order valence-corrected chi connectivity index (χ0v) is 20.5. The highest BCUT2D eigenvalue weighted by molar-refractivity contribution is 5.87. The minimum atomic E-state index is -1.34. The summed E-state index contributed by atoms with van der Waals surface area (Å²) in [5.74, 6) is -1.58. The molecule has 2 aromatic rings. The lowest BCUT2D eigenvalue weighted by atomic mass is 9.96. The number of carbonyl (C=O) groups is 3. The number of carboxylic acid groups (broad SMARTS) is 1. The molecule has 2 unspecified atom stereocenters. The van der Waals surface area contributed by atoms with E-state index in [-0.39, 0.29) is 25.5 Å². The van der Waals surface area contributed by atoms with Crippen LogP contribution in [0.25, 0.3) is 11.1 Å². The van der Waals surface area contributed by atoms with Gasteiger partial charge in [-0.15, -0.1) is 0 Å². The molecule has 2 amide bonds. The summed E-state index contributed by atoms with van der Waals surface area (Å²) in [6.45, 7) is 5.73. The van der Waals surface area contributed by atoms with Gasteiger partial charge < -0.3 is 25.2 Å². The summed E-state index contributed by atoms with van der Waals surface area (Å²) in [6.07, 6.45) is -0.366. The van der Waals surface area contributed by atoms with Crippen LogP contribution >= 0.6 is 0 Å². The third kappa shape index (κ3) is 6.39. The maximum absolute atomic E-state index is 12.5. The lowest BCUT2D eigenvalue weighted by molar-refractivity contribution is -0.147. The number of hydrogen-bond acceptors (Lipinski definition) is 5. The van der Waals surface area contributed by atoms with Crippen LogP contribution in [0.1, 0.15) is 57.1 Å². The van der Waals surface area contributed by atoms with Gasteiger partial charge in [-0.2, -0.15) is 0 Å². The Labute approximate surface area is 206 Å². The molecule has 0 bridgehead atoms. The van der Waals surface area contributed by atoms with E-state index in [0.29, 0.717) is 19.4 Å². The van der Waals surface area contributed by atoms with E-state index in [9.17, 15) is 19.5 Å². The van der Waals surface area contributed by atoms with Gasteiger partial charge in [0, 0.05) is 19.1 Å². The molecule has 8 heteroatoms. The zero-order chi connectivity index (χ0) is 25.4. The number of rotatable bonds is 12. The van der Waals surface area contributed by atoms with Crippen LogP contribution in [0.2, 0.25) is 0 Å². The Morgan fingerprint density at radius 3 is 2.17 bits per heavy atom. The summed E-state index contributed by atoms with van der Waals surface area (Å²) < 4.78 is 11.1. The number of carboxylic acids is 1. The molecule has 0 aliphatic heterocycles. The summed E-state index contributed by atoms with van der Waals surface area (Å²) in [4.78, 5) is 36.5. The van der Waals surface area contributed by atoms with Crippen LogP contribution in [0.4, 0.5) is 4.79 Å². The van der Waals surface area contributed by atoms with Crippen molar-refractivity contribution in [1.29, 1.82) is 0 Å². The SMILES string of the molecule is CCCC(C)(NC(=O)CC(CNC(=O)OCC1c2ccccc2-c2ccccc21)OCC)C(=O)O. The lowest BCUT2D eigenvalue weighted by Gasteiger charge is -2.27. The van der Waals surface area contributed by atoms with E-state index in [1.807, 2.05) is 31.2 Å². The molecule has 35 heavy (non-hydrogen) atoms. The van der Waals surface area contributed by atoms with Crippen molar-refractivity contribution in [2.45, 2.75) is 57.6 Å². The average molecular weight is 483 g/mol. The van der Waals surface area contributed by atoms with Gasteiger partial charge in [-0.05, 0) is 42.5 Å². The second kappa shape index (κ2) is 11.8. The number of amides is 2. The average Bonchev–Trinajstić information content (AvgIpc) is 3.15. The molecule has 0 spiro atoms. The molecular weight excluding hydrogens is 448 g/mol. The molecular formula is C27H34N2O6. The Hall–Kier alpha value is -3.39. The fourth-order valence-electron chi connectivity index (χ4n) is 4.56. The highest BCUT2D eigenvalue weighted by Crippen LogP contribution is 2.44. The van der Waals surface area contributed by atoms with Gasteiger partial charge in [0.1, 0.15) is 12.1 Å². The standard InChI is InChI=1S/C27H34N2O6/c1-4-14-27(3,25(31)32)29-24(30)15-18(34-5-2)16-28-26(33)35-17-23-21-12-8-6-10-19(21)20-11-7-9-13-22(20)23/h6-13,18,23H,4-5,14-17H2,1-3H3,(H,28,33)(H,29,30)(H,31,32). The fraction of sp³-hybridized carbons (Fsp3) is 0.444. The van der Waals surface area contributed by atoms with E-state index in [0.717, 1.165) is 22.3 Å². The van der Waals surface area contributed by atoms with Gasteiger partial charge in [0.2, 0.25) is 5.91 Å². The van der Waals surface area contributed by atoms with Gasteiger partial charge in [-0.1, -0.05) is 61.9 Å². The maximum Gasteiger partial charge on any atom is 0.407 e. The molecule has 0 saturated heterocycles. The van der Waals surface area contributed by atoms with Crippen molar-refractivity contribution in [2.75, 3.05) is 19.8 Å². The topological polar surface area (TPSA) is 114 Å². The molecule has 0 fully saturated rings. The molecule has 0 heterocycles. The van der Waals surface area contributed by atoms with Crippen molar-refractivity contribution in [2.24, 2.45) is 0 Å². The van der Waals surface area contributed by atoms with Crippen molar-refractivity contribution < 1.29 is 29.0 Å². The Morgan fingerprint density at radius 1 is 1.03 bits per heavy atom. The van der Waals surface area contributed by atoms with Crippen molar-refractivity contribution in [3.8, 4) is 11.1 Å². The molecule has 3 rings (SSSR count). The predicted octanol–water partition coefficient (Wildman–Crippen LogP) is 4.08. The minimum absolute atomic E-state index is 0.0473. The molecule has 2 aromatic carbocycles. The second-order valence-electron chi connectivity index (χ2n) is 8.92. The Bertz CT molecular complexity index is 1010. The third-order valence-corrected chi connectivity index (χ3v) is 6.27. The van der Waals surface area contributed by atoms with E-state index < -0.39 is 29.6 Å². The lowest BCUT2D eigenvalue weighted by Crippen LogP contribution is -2.53. The summed E-state index contributed by atoms with van der Waals surface area (Å²) in [6, 6.07) is 16.2. The summed E-state index contributed by atoms with van der Waals surface area (Å²) >= 11 is 0. The summed E-state index contributed by atoms with van der Waals surface area (Å²) in [7, 11) is 0. The molecule has 1 aliphatic carbocycles. The third-order valence-electron chi connectivity index (χ3n) is 6.27. The first-order valence-corrected chi connectivity index (χ1v) is 12.0. The molecule has 8 nitrogen and oxygen atoms in total. The van der Waals surface area contributed by atoms with E-state index in [1.54, 1.807) is 6.92 Å². The van der Waals surface area contributed by atoms with E-state index in [2.05, 4.69) is 34.9 Å². The van der Waals surface area contributed by atoms with Crippen LogP contribution < -0.4 is 10.6 Å². The van der Waals surface area contributed by atoms with Crippen LogP contribution in [0.3, 0.4) is 0 Å². The Kier molecular flexibility index (Phi) is 8.87. The smallest absolute Gasteiger partial charge is 0.407 e. The number of benzene rings is 2. The maximum atomic E-state index is 12.5. The molecule has 188 valence electrons. The number of fused-ring (bicyclic) bond motifs is 3. The van der Waals surface area contributed by atoms with Gasteiger partial charge in [0.15, 0.2) is 0 Å². The van der Waals surface area contributed by atoms with Crippen LogP contribution in [0, 0.1) is 0 Å². The highest BCUT2D eigenvalue weighted by atomic mass is 16.5. The van der Waals surface area contributed by atoms with E-state index >= 15 is 0 Å². The normalized spacial score (nSPS) is 14.8. The zero-order valence-electron chi connectivity index (χ0n) is 20.5. The number of carbonyl (C=O) groups excluding carboxylic acids is 2. The number of alkyl carbamates (subject to hydrolysis) is 1. The van der Waals surface area contributed by atoms with Gasteiger partial charge in [-0.3, -0.25) is 4.79 Å². The van der Waals surface area contributed by atoms with Gasteiger partial charge in [0.25, 0.3) is 0 Å². The largest absolute Gasteiger partial charge is 0.480 e.